The molecule has 3 aromatic rings. The minimum atomic E-state index is -4.59. The third-order valence-electron chi connectivity index (χ3n) is 3.24. The molecule has 0 spiro atoms. The molecule has 25 heavy (non-hydrogen) atoms. The summed E-state index contributed by atoms with van der Waals surface area (Å²) in [5.74, 6) is -1.51. The van der Waals surface area contributed by atoms with Gasteiger partial charge in [-0.05, 0) is 24.6 Å². The normalized spacial score (nSPS) is 11.6. The van der Waals surface area contributed by atoms with Gasteiger partial charge < -0.3 is 0 Å². The van der Waals surface area contributed by atoms with E-state index in [9.17, 15) is 22.4 Å². The molecule has 1 aromatic carbocycles. The van der Waals surface area contributed by atoms with E-state index in [2.05, 4.69) is 15.0 Å². The monoisotopic (exact) mass is 367 g/mol. The van der Waals surface area contributed by atoms with Crippen molar-refractivity contribution in [2.75, 3.05) is 0 Å². The Bertz CT molecular complexity index is 918. The maximum Gasteiger partial charge on any atom is 0.419 e. The zero-order valence-corrected chi connectivity index (χ0v) is 13.5. The molecule has 128 valence electrons. The van der Waals surface area contributed by atoms with Gasteiger partial charge in [-0.1, -0.05) is 12.1 Å². The number of ketones is 1. The fraction of sp³-hybridized carbons (Fsp3) is 0.125. The number of rotatable bonds is 3. The second-order valence-corrected chi connectivity index (χ2v) is 6.24. The number of halogens is 4. The van der Waals surface area contributed by atoms with Crippen molar-refractivity contribution < 1.29 is 22.4 Å². The highest BCUT2D eigenvalue weighted by atomic mass is 32.1. The number of thiazole rings is 1. The zero-order valence-electron chi connectivity index (χ0n) is 12.6. The number of hydrogen-bond acceptors (Lipinski definition) is 5. The average molecular weight is 367 g/mol. The van der Waals surface area contributed by atoms with E-state index in [1.165, 1.54) is 35.6 Å². The van der Waals surface area contributed by atoms with Gasteiger partial charge in [-0.3, -0.25) is 4.79 Å². The number of aromatic nitrogens is 3. The molecule has 4 nitrogen and oxygen atoms in total. The summed E-state index contributed by atoms with van der Waals surface area (Å²) in [5, 5.41) is 0.578. The molecule has 3 rings (SSSR count). The van der Waals surface area contributed by atoms with E-state index < -0.39 is 23.3 Å². The Hall–Kier alpha value is -2.68. The molecule has 9 heteroatoms. The van der Waals surface area contributed by atoms with Crippen LogP contribution in [-0.2, 0) is 6.18 Å². The van der Waals surface area contributed by atoms with Gasteiger partial charge in [0.1, 0.15) is 11.5 Å². The van der Waals surface area contributed by atoms with Gasteiger partial charge in [-0.15, -0.1) is 11.3 Å². The van der Waals surface area contributed by atoms with E-state index >= 15 is 0 Å². The van der Waals surface area contributed by atoms with Crippen molar-refractivity contribution >= 4 is 17.1 Å². The zero-order chi connectivity index (χ0) is 18.2. The molecule has 0 aliphatic rings. The minimum Gasteiger partial charge on any atom is -0.283 e. The summed E-state index contributed by atoms with van der Waals surface area (Å²) >= 11 is 1.21. The van der Waals surface area contributed by atoms with Crippen molar-refractivity contribution in [2.45, 2.75) is 13.1 Å². The Kier molecular flexibility index (Phi) is 4.34. The fourth-order valence-corrected chi connectivity index (χ4v) is 3.00. The highest BCUT2D eigenvalue weighted by molar-refractivity contribution is 7.15. The Morgan fingerprint density at radius 3 is 2.24 bits per heavy atom. The highest BCUT2D eigenvalue weighted by Crippen LogP contribution is 2.32. The first kappa shape index (κ1) is 17.2. The molecule has 2 heterocycles. The smallest absolute Gasteiger partial charge is 0.283 e. The van der Waals surface area contributed by atoms with Gasteiger partial charge in [-0.25, -0.2) is 19.3 Å². The number of alkyl halides is 3. The summed E-state index contributed by atoms with van der Waals surface area (Å²) in [5.41, 5.74) is -0.451. The number of nitrogens with zero attached hydrogens (tertiary/aromatic N) is 3. The Morgan fingerprint density at radius 1 is 1.08 bits per heavy atom. The van der Waals surface area contributed by atoms with Gasteiger partial charge in [-0.2, -0.15) is 13.2 Å². The largest absolute Gasteiger partial charge is 0.419 e. The summed E-state index contributed by atoms with van der Waals surface area (Å²) < 4.78 is 50.8. The molecule has 0 saturated heterocycles. The number of carbonyl (C=O) groups is 1. The van der Waals surface area contributed by atoms with Crippen LogP contribution in [0.25, 0.3) is 10.4 Å². The fourth-order valence-electron chi connectivity index (χ4n) is 2.08. The molecule has 0 amide bonds. The third kappa shape index (κ3) is 3.55. The van der Waals surface area contributed by atoms with Crippen LogP contribution in [0, 0.1) is 12.7 Å². The summed E-state index contributed by atoms with van der Waals surface area (Å²) in [7, 11) is 0. The van der Waals surface area contributed by atoms with Crippen molar-refractivity contribution in [3.63, 3.8) is 0 Å². The summed E-state index contributed by atoms with van der Waals surface area (Å²) in [6.07, 6.45) is -3.48. The van der Waals surface area contributed by atoms with Crippen LogP contribution >= 0.6 is 11.3 Å². The molecule has 0 aliphatic heterocycles. The molecular formula is C16H9F4N3OS. The number of benzene rings is 1. The van der Waals surface area contributed by atoms with Crippen LogP contribution in [0.15, 0.2) is 36.7 Å². The van der Waals surface area contributed by atoms with Crippen molar-refractivity contribution in [1.82, 2.24) is 15.0 Å². The Morgan fingerprint density at radius 2 is 1.68 bits per heavy atom. The lowest BCUT2D eigenvalue weighted by molar-refractivity contribution is -0.138. The summed E-state index contributed by atoms with van der Waals surface area (Å²) in [6.45, 7) is 1.68. The molecular weight excluding hydrogens is 358 g/mol. The molecule has 0 radical (unpaired) electrons. The molecule has 0 unspecified atom stereocenters. The van der Waals surface area contributed by atoms with Gasteiger partial charge in [0.25, 0.3) is 0 Å². The van der Waals surface area contributed by atoms with Gasteiger partial charge in [0.2, 0.25) is 11.6 Å². The van der Waals surface area contributed by atoms with Crippen molar-refractivity contribution in [3.8, 4) is 10.4 Å². The number of carbonyl (C=O) groups excluding carboxylic acids is 1. The van der Waals surface area contributed by atoms with Crippen LogP contribution in [-0.4, -0.2) is 20.7 Å². The molecule has 0 fully saturated rings. The molecule has 2 aromatic heterocycles. The summed E-state index contributed by atoms with van der Waals surface area (Å²) in [4.78, 5) is 24.2. The van der Waals surface area contributed by atoms with E-state index in [4.69, 9.17) is 0 Å². The van der Waals surface area contributed by atoms with Gasteiger partial charge >= 0.3 is 6.18 Å². The van der Waals surface area contributed by atoms with Crippen LogP contribution in [0.4, 0.5) is 17.6 Å². The second-order valence-electron chi connectivity index (χ2n) is 5.04. The topological polar surface area (TPSA) is 55.7 Å². The average Bonchev–Trinajstić information content (AvgIpc) is 2.96. The lowest BCUT2D eigenvalue weighted by Crippen LogP contribution is -2.12. The van der Waals surface area contributed by atoms with Crippen LogP contribution in [0.3, 0.4) is 0 Å². The molecule has 0 atom stereocenters. The molecule has 0 aliphatic carbocycles. The van der Waals surface area contributed by atoms with Crippen molar-refractivity contribution in [2.24, 2.45) is 0 Å². The third-order valence-corrected chi connectivity index (χ3v) is 4.26. The number of hydrogen-bond donors (Lipinski definition) is 0. The Labute approximate surface area is 143 Å². The Balaban J connectivity index is 1.99. The van der Waals surface area contributed by atoms with Crippen molar-refractivity contribution in [3.05, 3.63) is 64.6 Å². The molecule has 0 saturated carbocycles. The van der Waals surface area contributed by atoms with Gasteiger partial charge in [0, 0.05) is 12.4 Å². The van der Waals surface area contributed by atoms with Crippen LogP contribution < -0.4 is 0 Å². The standard InChI is InChI=1S/C16H9F4N3OS/c1-8-23-12(14(25-8)9-2-4-11(17)5-3-9)13(24)15-21-6-10(7-22-15)16(18,19)20/h2-7H,1H3. The van der Waals surface area contributed by atoms with E-state index in [1.807, 2.05) is 0 Å². The van der Waals surface area contributed by atoms with Crippen LogP contribution in [0.1, 0.15) is 26.9 Å². The van der Waals surface area contributed by atoms with Crippen LogP contribution in [0.2, 0.25) is 0 Å². The minimum absolute atomic E-state index is 0.0221. The molecule has 0 bridgehead atoms. The van der Waals surface area contributed by atoms with Crippen LogP contribution in [0.5, 0.6) is 0 Å². The number of aryl methyl sites for hydroxylation is 1. The predicted molar refractivity (Wildman–Crippen MR) is 82.7 cm³/mol. The maximum absolute atomic E-state index is 13.1. The first-order valence-electron chi connectivity index (χ1n) is 6.93. The highest BCUT2D eigenvalue weighted by Gasteiger charge is 2.32. The molecule has 0 N–H and O–H groups in total. The quantitative estimate of drug-likeness (QED) is 0.512. The van der Waals surface area contributed by atoms with E-state index in [0.717, 1.165) is 0 Å². The maximum atomic E-state index is 13.1. The lowest BCUT2D eigenvalue weighted by atomic mass is 10.1. The lowest BCUT2D eigenvalue weighted by Gasteiger charge is -2.06. The van der Waals surface area contributed by atoms with Gasteiger partial charge in [0.15, 0.2) is 0 Å². The van der Waals surface area contributed by atoms with E-state index in [1.54, 1.807) is 6.92 Å². The van der Waals surface area contributed by atoms with Crippen molar-refractivity contribution in [1.29, 1.82) is 0 Å². The van der Waals surface area contributed by atoms with Gasteiger partial charge in [0.05, 0.1) is 15.4 Å². The summed E-state index contributed by atoms with van der Waals surface area (Å²) in [6, 6.07) is 5.47. The first-order chi connectivity index (χ1) is 11.8. The SMILES string of the molecule is Cc1nc(C(=O)c2ncc(C(F)(F)F)cn2)c(-c2ccc(F)cc2)s1. The predicted octanol–water partition coefficient (Wildman–Crippen LogP) is 4.30. The van der Waals surface area contributed by atoms with E-state index in [0.29, 0.717) is 27.8 Å². The first-order valence-corrected chi connectivity index (χ1v) is 7.74. The second kappa shape index (κ2) is 6.32. The van der Waals surface area contributed by atoms with E-state index in [-0.39, 0.29) is 11.5 Å².